The molecule has 0 atom stereocenters. The zero-order valence-corrected chi connectivity index (χ0v) is 10.2. The molecule has 3 N–H and O–H groups in total. The zero-order valence-electron chi connectivity index (χ0n) is 10.2. The van der Waals surface area contributed by atoms with Crippen molar-refractivity contribution < 1.29 is 13.5 Å². The van der Waals surface area contributed by atoms with Crippen molar-refractivity contribution in [2.45, 2.75) is 6.42 Å². The lowest BCUT2D eigenvalue weighted by Gasteiger charge is -2.40. The molecular formula is C13H18F2N2O. The summed E-state index contributed by atoms with van der Waals surface area (Å²) in [7, 11) is 0. The van der Waals surface area contributed by atoms with Gasteiger partial charge in [0, 0.05) is 24.6 Å². The van der Waals surface area contributed by atoms with E-state index >= 15 is 0 Å². The average molecular weight is 256 g/mol. The first-order valence-corrected chi connectivity index (χ1v) is 6.08. The van der Waals surface area contributed by atoms with Crippen LogP contribution in [-0.4, -0.2) is 32.8 Å². The van der Waals surface area contributed by atoms with Crippen LogP contribution >= 0.6 is 0 Å². The smallest absolute Gasteiger partial charge is 0.129 e. The monoisotopic (exact) mass is 256 g/mol. The zero-order chi connectivity index (χ0) is 13.0. The van der Waals surface area contributed by atoms with Gasteiger partial charge in [0.25, 0.3) is 0 Å². The van der Waals surface area contributed by atoms with Crippen LogP contribution in [0.5, 0.6) is 0 Å². The lowest BCUT2D eigenvalue weighted by atomic mass is 9.86. The lowest BCUT2D eigenvalue weighted by molar-refractivity contribution is -0.104. The minimum atomic E-state index is -0.544. The van der Waals surface area contributed by atoms with E-state index in [1.54, 1.807) is 0 Å². The Labute approximate surface area is 105 Å². The summed E-state index contributed by atoms with van der Waals surface area (Å²) in [5.74, 6) is -1.03. The van der Waals surface area contributed by atoms with Gasteiger partial charge in [-0.05, 0) is 24.6 Å². The fourth-order valence-corrected chi connectivity index (χ4v) is 1.98. The molecule has 0 spiro atoms. The Kier molecular flexibility index (Phi) is 4.27. The number of halogens is 2. The van der Waals surface area contributed by atoms with Gasteiger partial charge >= 0.3 is 0 Å². The first-order valence-electron chi connectivity index (χ1n) is 6.08. The molecule has 2 rings (SSSR count). The SMILES string of the molecule is NCC1(CNCCc2ccc(F)cc2F)COC1. The predicted molar refractivity (Wildman–Crippen MR) is 65.2 cm³/mol. The maximum atomic E-state index is 13.3. The van der Waals surface area contributed by atoms with Gasteiger partial charge in [0.2, 0.25) is 0 Å². The minimum absolute atomic E-state index is 0.0430. The molecule has 0 radical (unpaired) electrons. The van der Waals surface area contributed by atoms with Gasteiger partial charge in [0.1, 0.15) is 11.6 Å². The van der Waals surface area contributed by atoms with Gasteiger partial charge in [-0.2, -0.15) is 0 Å². The largest absolute Gasteiger partial charge is 0.380 e. The molecule has 5 heteroatoms. The molecule has 0 bridgehead atoms. The van der Waals surface area contributed by atoms with Gasteiger partial charge in [0.05, 0.1) is 13.2 Å². The van der Waals surface area contributed by atoms with Crippen molar-refractivity contribution in [1.29, 1.82) is 0 Å². The Bertz CT molecular complexity index is 402. The molecule has 0 amide bonds. The highest BCUT2D eigenvalue weighted by Crippen LogP contribution is 2.24. The summed E-state index contributed by atoms with van der Waals surface area (Å²) in [5, 5.41) is 3.25. The normalized spacial score (nSPS) is 17.5. The number of hydrogen-bond acceptors (Lipinski definition) is 3. The summed E-state index contributed by atoms with van der Waals surface area (Å²) in [6, 6.07) is 3.67. The molecule has 1 aromatic rings. The topological polar surface area (TPSA) is 47.3 Å². The van der Waals surface area contributed by atoms with Crippen LogP contribution in [-0.2, 0) is 11.2 Å². The highest BCUT2D eigenvalue weighted by Gasteiger charge is 2.36. The second-order valence-electron chi connectivity index (χ2n) is 4.86. The number of hydrogen-bond donors (Lipinski definition) is 2. The maximum Gasteiger partial charge on any atom is 0.129 e. The predicted octanol–water partition coefficient (Wildman–Crippen LogP) is 1.07. The summed E-state index contributed by atoms with van der Waals surface area (Å²) in [4.78, 5) is 0. The van der Waals surface area contributed by atoms with Crippen LogP contribution in [0.2, 0.25) is 0 Å². The summed E-state index contributed by atoms with van der Waals surface area (Å²) in [6.45, 7) is 3.37. The molecule has 18 heavy (non-hydrogen) atoms. The number of ether oxygens (including phenoxy) is 1. The molecule has 1 aliphatic heterocycles. The first kappa shape index (κ1) is 13.4. The van der Waals surface area contributed by atoms with Crippen LogP contribution in [0.3, 0.4) is 0 Å². The Balaban J connectivity index is 1.75. The molecule has 1 aliphatic rings. The first-order chi connectivity index (χ1) is 8.65. The minimum Gasteiger partial charge on any atom is -0.380 e. The van der Waals surface area contributed by atoms with Gasteiger partial charge in [0.15, 0.2) is 0 Å². The summed E-state index contributed by atoms with van der Waals surface area (Å²) >= 11 is 0. The third-order valence-electron chi connectivity index (χ3n) is 3.34. The van der Waals surface area contributed by atoms with Crippen molar-refractivity contribution in [2.75, 3.05) is 32.8 Å². The Morgan fingerprint density at radius 2 is 2.11 bits per heavy atom. The van der Waals surface area contributed by atoms with E-state index in [2.05, 4.69) is 5.32 Å². The van der Waals surface area contributed by atoms with Crippen LogP contribution in [0.1, 0.15) is 5.56 Å². The summed E-state index contributed by atoms with van der Waals surface area (Å²) in [5.41, 5.74) is 6.25. The molecule has 0 unspecified atom stereocenters. The van der Waals surface area contributed by atoms with E-state index in [9.17, 15) is 8.78 Å². The Morgan fingerprint density at radius 3 is 2.67 bits per heavy atom. The van der Waals surface area contributed by atoms with Crippen molar-refractivity contribution in [3.05, 3.63) is 35.4 Å². The van der Waals surface area contributed by atoms with E-state index in [4.69, 9.17) is 10.5 Å². The van der Waals surface area contributed by atoms with Crippen molar-refractivity contribution in [3.8, 4) is 0 Å². The molecule has 100 valence electrons. The molecular weight excluding hydrogens is 238 g/mol. The van der Waals surface area contributed by atoms with E-state index in [0.29, 0.717) is 38.3 Å². The number of nitrogens with two attached hydrogens (primary N) is 1. The number of nitrogens with one attached hydrogen (secondary N) is 1. The highest BCUT2D eigenvalue weighted by molar-refractivity contribution is 5.18. The third kappa shape index (κ3) is 3.04. The van der Waals surface area contributed by atoms with E-state index in [1.165, 1.54) is 12.1 Å². The van der Waals surface area contributed by atoms with E-state index < -0.39 is 11.6 Å². The van der Waals surface area contributed by atoms with Crippen molar-refractivity contribution in [3.63, 3.8) is 0 Å². The molecule has 3 nitrogen and oxygen atoms in total. The third-order valence-corrected chi connectivity index (χ3v) is 3.34. The summed E-state index contributed by atoms with van der Waals surface area (Å²) < 4.78 is 31.2. The van der Waals surface area contributed by atoms with Crippen LogP contribution < -0.4 is 11.1 Å². The van der Waals surface area contributed by atoms with Gasteiger partial charge < -0.3 is 15.8 Å². The van der Waals surface area contributed by atoms with Crippen molar-refractivity contribution in [2.24, 2.45) is 11.1 Å². The molecule has 1 fully saturated rings. The van der Waals surface area contributed by atoms with Crippen molar-refractivity contribution >= 4 is 0 Å². The molecule has 1 heterocycles. The molecule has 0 saturated carbocycles. The van der Waals surface area contributed by atoms with Gasteiger partial charge in [-0.15, -0.1) is 0 Å². The molecule has 1 aromatic carbocycles. The van der Waals surface area contributed by atoms with Crippen molar-refractivity contribution in [1.82, 2.24) is 5.32 Å². The second kappa shape index (κ2) is 5.73. The number of rotatable bonds is 6. The van der Waals surface area contributed by atoms with Crippen LogP contribution in [0.15, 0.2) is 18.2 Å². The molecule has 0 aromatic heterocycles. The molecule has 1 saturated heterocycles. The van der Waals surface area contributed by atoms with E-state index in [-0.39, 0.29) is 5.41 Å². The van der Waals surface area contributed by atoms with Crippen LogP contribution in [0.4, 0.5) is 8.78 Å². The summed E-state index contributed by atoms with van der Waals surface area (Å²) in [6.07, 6.45) is 0.535. The average Bonchev–Trinajstić information content (AvgIpc) is 2.29. The Morgan fingerprint density at radius 1 is 1.33 bits per heavy atom. The highest BCUT2D eigenvalue weighted by atomic mass is 19.1. The fourth-order valence-electron chi connectivity index (χ4n) is 1.98. The van der Waals surface area contributed by atoms with E-state index in [1.807, 2.05) is 0 Å². The molecule has 0 aliphatic carbocycles. The Hall–Kier alpha value is -1.04. The quantitative estimate of drug-likeness (QED) is 0.749. The number of benzene rings is 1. The fraction of sp³-hybridized carbons (Fsp3) is 0.538. The standard InChI is InChI=1S/C13H18F2N2O/c14-11-2-1-10(12(15)5-11)3-4-17-7-13(6-16)8-18-9-13/h1-2,5,17H,3-4,6-9,16H2. The van der Waals surface area contributed by atoms with Gasteiger partial charge in [-0.1, -0.05) is 6.07 Å². The van der Waals surface area contributed by atoms with E-state index in [0.717, 1.165) is 12.6 Å². The van der Waals surface area contributed by atoms with Gasteiger partial charge in [-0.3, -0.25) is 0 Å². The van der Waals surface area contributed by atoms with Crippen LogP contribution in [0.25, 0.3) is 0 Å². The van der Waals surface area contributed by atoms with Gasteiger partial charge in [-0.25, -0.2) is 8.78 Å². The van der Waals surface area contributed by atoms with Crippen LogP contribution in [0, 0.1) is 17.0 Å². The lowest BCUT2D eigenvalue weighted by Crippen LogP contribution is -2.54. The second-order valence-corrected chi connectivity index (χ2v) is 4.86. The maximum absolute atomic E-state index is 13.3.